The molecule has 0 spiro atoms. The number of non-ortho nitro benzene ring substituents is 1. The van der Waals surface area contributed by atoms with Crippen LogP contribution in [0.4, 0.5) is 11.4 Å². The number of benzene rings is 2. The van der Waals surface area contributed by atoms with Crippen LogP contribution in [0.2, 0.25) is 0 Å². The highest BCUT2D eigenvalue weighted by Crippen LogP contribution is 2.23. The van der Waals surface area contributed by atoms with Crippen molar-refractivity contribution in [3.05, 3.63) is 63.7 Å². The number of ether oxygens (including phenoxy) is 1. The first-order chi connectivity index (χ1) is 10.0. The van der Waals surface area contributed by atoms with Gasteiger partial charge in [0.1, 0.15) is 10.7 Å². The van der Waals surface area contributed by atoms with Gasteiger partial charge in [0.25, 0.3) is 5.69 Å². The summed E-state index contributed by atoms with van der Waals surface area (Å²) in [4.78, 5) is 10.7. The topological polar surface area (TPSA) is 64.4 Å². The van der Waals surface area contributed by atoms with Crippen molar-refractivity contribution < 1.29 is 9.66 Å². The first kappa shape index (κ1) is 14.9. The third-order valence-electron chi connectivity index (χ3n) is 3.03. The Balaban J connectivity index is 2.19. The van der Waals surface area contributed by atoms with Gasteiger partial charge in [0.2, 0.25) is 0 Å². The summed E-state index contributed by atoms with van der Waals surface area (Å²) in [7, 11) is 1.60. The molecule has 0 unspecified atom stereocenters. The van der Waals surface area contributed by atoms with E-state index in [2.05, 4.69) is 5.32 Å². The van der Waals surface area contributed by atoms with E-state index in [-0.39, 0.29) is 5.69 Å². The number of hydrogen-bond donors (Lipinski definition) is 1. The van der Waals surface area contributed by atoms with E-state index in [0.717, 1.165) is 22.6 Å². The number of methoxy groups -OCH3 is 1. The molecule has 0 bridgehead atoms. The fourth-order valence-corrected chi connectivity index (χ4v) is 2.04. The van der Waals surface area contributed by atoms with Gasteiger partial charge in [-0.25, -0.2) is 0 Å². The number of thiocarbonyl (C=S) groups is 1. The van der Waals surface area contributed by atoms with Gasteiger partial charge in [0.05, 0.1) is 12.0 Å². The smallest absolute Gasteiger partial charge is 0.269 e. The van der Waals surface area contributed by atoms with E-state index in [1.165, 1.54) is 12.1 Å². The average Bonchev–Trinajstić information content (AvgIpc) is 2.49. The molecular weight excluding hydrogens is 288 g/mol. The van der Waals surface area contributed by atoms with Gasteiger partial charge < -0.3 is 10.1 Å². The number of nitro groups is 1. The first-order valence-corrected chi connectivity index (χ1v) is 6.62. The molecule has 0 aromatic heterocycles. The number of aryl methyl sites for hydroxylation is 1. The summed E-state index contributed by atoms with van der Waals surface area (Å²) in [6, 6.07) is 11.8. The van der Waals surface area contributed by atoms with Gasteiger partial charge in [-0.3, -0.25) is 10.1 Å². The fraction of sp³-hybridized carbons (Fsp3) is 0.133. The third-order valence-corrected chi connectivity index (χ3v) is 3.37. The molecule has 0 fully saturated rings. The van der Waals surface area contributed by atoms with E-state index in [9.17, 15) is 10.1 Å². The summed E-state index contributed by atoms with van der Waals surface area (Å²) < 4.78 is 5.18. The number of nitrogens with zero attached hydrogens (tertiary/aromatic N) is 1. The summed E-state index contributed by atoms with van der Waals surface area (Å²) in [5.74, 6) is 0.731. The number of hydrogen-bond acceptors (Lipinski definition) is 4. The molecule has 0 amide bonds. The SMILES string of the molecule is COc1ccc(C)c(NC(=S)c2ccc([N+](=O)[O-])cc2)c1. The zero-order valence-corrected chi connectivity index (χ0v) is 12.4. The van der Waals surface area contributed by atoms with E-state index in [0.29, 0.717) is 4.99 Å². The highest BCUT2D eigenvalue weighted by molar-refractivity contribution is 7.81. The quantitative estimate of drug-likeness (QED) is 0.530. The number of anilines is 1. The Morgan fingerprint density at radius 2 is 1.90 bits per heavy atom. The second kappa shape index (κ2) is 6.32. The molecule has 0 aliphatic rings. The van der Waals surface area contributed by atoms with Gasteiger partial charge in [0.15, 0.2) is 0 Å². The number of rotatable bonds is 4. The molecular formula is C15H14N2O3S. The normalized spacial score (nSPS) is 10.0. The molecule has 0 saturated carbocycles. The molecule has 1 N–H and O–H groups in total. The van der Waals surface area contributed by atoms with E-state index < -0.39 is 4.92 Å². The van der Waals surface area contributed by atoms with Gasteiger partial charge in [-0.1, -0.05) is 18.3 Å². The maximum atomic E-state index is 10.6. The van der Waals surface area contributed by atoms with Crippen LogP contribution in [0, 0.1) is 17.0 Å². The van der Waals surface area contributed by atoms with Crippen LogP contribution in [0.1, 0.15) is 11.1 Å². The summed E-state index contributed by atoms with van der Waals surface area (Å²) in [5, 5.41) is 13.8. The van der Waals surface area contributed by atoms with Crippen LogP contribution < -0.4 is 10.1 Å². The molecule has 21 heavy (non-hydrogen) atoms. The van der Waals surface area contributed by atoms with Crippen LogP contribution in [0.5, 0.6) is 5.75 Å². The van der Waals surface area contributed by atoms with Crippen LogP contribution >= 0.6 is 12.2 Å². The van der Waals surface area contributed by atoms with Gasteiger partial charge in [0, 0.05) is 29.4 Å². The third kappa shape index (κ3) is 3.55. The minimum Gasteiger partial charge on any atom is -0.497 e. The van der Waals surface area contributed by atoms with E-state index in [1.54, 1.807) is 19.2 Å². The van der Waals surface area contributed by atoms with Crippen molar-refractivity contribution >= 4 is 28.6 Å². The first-order valence-electron chi connectivity index (χ1n) is 6.21. The molecule has 0 atom stereocenters. The zero-order chi connectivity index (χ0) is 15.4. The van der Waals surface area contributed by atoms with Gasteiger partial charge in [-0.15, -0.1) is 0 Å². The molecule has 0 aliphatic carbocycles. The minimum absolute atomic E-state index is 0.0408. The van der Waals surface area contributed by atoms with Crippen molar-refractivity contribution in [3.63, 3.8) is 0 Å². The van der Waals surface area contributed by atoms with E-state index in [1.807, 2.05) is 25.1 Å². The van der Waals surface area contributed by atoms with Gasteiger partial charge in [-0.2, -0.15) is 0 Å². The summed E-state index contributed by atoms with van der Waals surface area (Å²) >= 11 is 5.33. The highest BCUT2D eigenvalue weighted by Gasteiger charge is 2.08. The number of nitrogens with one attached hydrogen (secondary N) is 1. The largest absolute Gasteiger partial charge is 0.497 e. The molecule has 5 nitrogen and oxygen atoms in total. The Labute approximate surface area is 127 Å². The van der Waals surface area contributed by atoms with E-state index in [4.69, 9.17) is 17.0 Å². The summed E-state index contributed by atoms with van der Waals surface area (Å²) in [6.45, 7) is 1.96. The second-order valence-corrected chi connectivity index (χ2v) is 4.85. The summed E-state index contributed by atoms with van der Waals surface area (Å²) in [5.41, 5.74) is 2.63. The monoisotopic (exact) mass is 302 g/mol. The Hall–Kier alpha value is -2.47. The molecule has 0 aliphatic heterocycles. The second-order valence-electron chi connectivity index (χ2n) is 4.44. The molecule has 2 rings (SSSR count). The number of nitro benzene ring substituents is 1. The lowest BCUT2D eigenvalue weighted by Crippen LogP contribution is -2.11. The van der Waals surface area contributed by atoms with Gasteiger partial charge >= 0.3 is 0 Å². The molecule has 0 saturated heterocycles. The van der Waals surface area contributed by atoms with Gasteiger partial charge in [-0.05, 0) is 30.7 Å². The Morgan fingerprint density at radius 1 is 1.24 bits per heavy atom. The maximum absolute atomic E-state index is 10.6. The molecule has 0 radical (unpaired) electrons. The summed E-state index contributed by atoms with van der Waals surface area (Å²) in [6.07, 6.45) is 0. The maximum Gasteiger partial charge on any atom is 0.269 e. The van der Waals surface area contributed by atoms with Crippen molar-refractivity contribution in [2.24, 2.45) is 0 Å². The van der Waals surface area contributed by atoms with Crippen molar-refractivity contribution in [1.29, 1.82) is 0 Å². The van der Waals surface area contributed by atoms with Crippen LogP contribution in [0.3, 0.4) is 0 Å². The molecule has 108 valence electrons. The lowest BCUT2D eigenvalue weighted by atomic mass is 10.1. The molecule has 0 heterocycles. The van der Waals surface area contributed by atoms with Crippen molar-refractivity contribution in [2.45, 2.75) is 6.92 Å². The van der Waals surface area contributed by atoms with Crippen molar-refractivity contribution in [3.8, 4) is 5.75 Å². The Morgan fingerprint density at radius 3 is 2.48 bits per heavy atom. The zero-order valence-electron chi connectivity index (χ0n) is 11.6. The van der Waals surface area contributed by atoms with Crippen molar-refractivity contribution in [2.75, 3.05) is 12.4 Å². The van der Waals surface area contributed by atoms with Crippen LogP contribution in [-0.2, 0) is 0 Å². The van der Waals surface area contributed by atoms with Crippen molar-refractivity contribution in [1.82, 2.24) is 0 Å². The van der Waals surface area contributed by atoms with Crippen LogP contribution in [0.15, 0.2) is 42.5 Å². The fourth-order valence-electron chi connectivity index (χ4n) is 1.79. The lowest BCUT2D eigenvalue weighted by molar-refractivity contribution is -0.384. The Kier molecular flexibility index (Phi) is 4.49. The highest BCUT2D eigenvalue weighted by atomic mass is 32.1. The lowest BCUT2D eigenvalue weighted by Gasteiger charge is -2.12. The van der Waals surface area contributed by atoms with E-state index >= 15 is 0 Å². The Bertz CT molecular complexity index is 684. The molecule has 6 heteroatoms. The molecule has 2 aromatic carbocycles. The predicted molar refractivity (Wildman–Crippen MR) is 86.2 cm³/mol. The minimum atomic E-state index is -0.438. The standard InChI is InChI=1S/C15H14N2O3S/c1-10-3-8-13(20-2)9-14(10)16-15(21)11-4-6-12(7-5-11)17(18)19/h3-9H,1-2H3,(H,16,21). The van der Waals surface area contributed by atoms with Crippen LogP contribution in [0.25, 0.3) is 0 Å². The molecule has 2 aromatic rings. The van der Waals surface area contributed by atoms with Crippen LogP contribution in [-0.4, -0.2) is 17.0 Å². The average molecular weight is 302 g/mol. The predicted octanol–water partition coefficient (Wildman–Crippen LogP) is 3.70.